The second-order valence-corrected chi connectivity index (χ2v) is 8.81. The molecular formula is C22H34N2O6. The van der Waals surface area contributed by atoms with Crippen LogP contribution in [0.15, 0.2) is 24.3 Å². The van der Waals surface area contributed by atoms with Crippen molar-refractivity contribution in [3.8, 4) is 0 Å². The Labute approximate surface area is 177 Å². The van der Waals surface area contributed by atoms with Gasteiger partial charge in [0, 0.05) is 13.7 Å². The Morgan fingerprint density at radius 1 is 1.20 bits per heavy atom. The number of ether oxygens (including phenoxy) is 1. The molecule has 0 aromatic heterocycles. The molecule has 30 heavy (non-hydrogen) atoms. The topological polar surface area (TPSA) is 128 Å². The Morgan fingerprint density at radius 2 is 1.90 bits per heavy atom. The molecule has 1 aromatic carbocycles. The molecule has 0 saturated carbocycles. The van der Waals surface area contributed by atoms with Gasteiger partial charge in [-0.2, -0.15) is 0 Å². The third-order valence-electron chi connectivity index (χ3n) is 5.44. The van der Waals surface area contributed by atoms with E-state index < -0.39 is 36.4 Å². The van der Waals surface area contributed by atoms with Crippen LogP contribution in [0.5, 0.6) is 0 Å². The van der Waals surface area contributed by atoms with Gasteiger partial charge in [0.15, 0.2) is 6.10 Å². The Hall–Kier alpha value is -2.00. The Bertz CT molecular complexity index is 733. The van der Waals surface area contributed by atoms with Crippen molar-refractivity contribution in [3.05, 3.63) is 35.4 Å². The van der Waals surface area contributed by atoms with Crippen LogP contribution in [0.1, 0.15) is 57.3 Å². The molecule has 0 aliphatic carbocycles. The third-order valence-corrected chi connectivity index (χ3v) is 5.44. The minimum Gasteiger partial charge on any atom is -0.387 e. The number of aliphatic hydroxyl groups excluding tert-OH is 3. The lowest BCUT2D eigenvalue weighted by Gasteiger charge is -2.29. The molecule has 8 heteroatoms. The summed E-state index contributed by atoms with van der Waals surface area (Å²) < 4.78 is 5.10. The van der Waals surface area contributed by atoms with Gasteiger partial charge in [0.25, 0.3) is 5.91 Å². The Balaban J connectivity index is 2.10. The van der Waals surface area contributed by atoms with Gasteiger partial charge >= 0.3 is 0 Å². The summed E-state index contributed by atoms with van der Waals surface area (Å²) in [4.78, 5) is 24.7. The average molecular weight is 423 g/mol. The monoisotopic (exact) mass is 422 g/mol. The number of carbonyl (C=O) groups excluding carboxylic acids is 2. The van der Waals surface area contributed by atoms with E-state index in [1.165, 1.54) is 7.11 Å². The minimum absolute atomic E-state index is 0.159. The summed E-state index contributed by atoms with van der Waals surface area (Å²) in [6.07, 6.45) is -4.15. The summed E-state index contributed by atoms with van der Waals surface area (Å²) in [5, 5.41) is 37.0. The highest BCUT2D eigenvalue weighted by Gasteiger charge is 2.38. The van der Waals surface area contributed by atoms with Crippen molar-refractivity contribution in [2.24, 2.45) is 0 Å². The Kier molecular flexibility index (Phi) is 8.37. The summed E-state index contributed by atoms with van der Waals surface area (Å²) in [5.41, 5.74) is 1.22. The molecule has 5 N–H and O–H groups in total. The highest BCUT2D eigenvalue weighted by atomic mass is 16.5. The first-order chi connectivity index (χ1) is 14.1. The van der Waals surface area contributed by atoms with Crippen LogP contribution in [0, 0.1) is 0 Å². The van der Waals surface area contributed by atoms with Crippen LogP contribution in [-0.2, 0) is 19.7 Å². The molecule has 0 radical (unpaired) electrons. The fraction of sp³-hybridized carbons (Fsp3) is 0.636. The summed E-state index contributed by atoms with van der Waals surface area (Å²) in [6, 6.07) is 6.37. The smallest absolute Gasteiger partial charge is 0.252 e. The number of hydrogen-bond acceptors (Lipinski definition) is 6. The van der Waals surface area contributed by atoms with Crippen LogP contribution < -0.4 is 10.6 Å². The quantitative estimate of drug-likeness (QED) is 0.436. The van der Waals surface area contributed by atoms with E-state index in [0.717, 1.165) is 18.4 Å². The molecule has 1 aliphatic heterocycles. The summed E-state index contributed by atoms with van der Waals surface area (Å²) in [5.74, 6) is -1.01. The zero-order valence-corrected chi connectivity index (χ0v) is 18.1. The largest absolute Gasteiger partial charge is 0.387 e. The predicted octanol–water partition coefficient (Wildman–Crippen LogP) is 0.539. The molecule has 1 saturated heterocycles. The SMILES string of the molecule is CO[C@@H](C(=O)N[C@H]1CCCCNC1=O)[C@H](O)[C@@H](O)[C@H](O)c1cccc(C(C)(C)C)c1. The first kappa shape index (κ1) is 24.3. The second-order valence-electron chi connectivity index (χ2n) is 8.81. The molecule has 8 nitrogen and oxygen atoms in total. The lowest BCUT2D eigenvalue weighted by molar-refractivity contribution is -0.153. The zero-order valence-electron chi connectivity index (χ0n) is 18.1. The van der Waals surface area contributed by atoms with E-state index in [4.69, 9.17) is 4.74 Å². The molecule has 0 spiro atoms. The van der Waals surface area contributed by atoms with Gasteiger partial charge in [-0.05, 0) is 35.8 Å². The van der Waals surface area contributed by atoms with E-state index in [9.17, 15) is 24.9 Å². The Morgan fingerprint density at radius 3 is 2.53 bits per heavy atom. The van der Waals surface area contributed by atoms with Crippen molar-refractivity contribution < 1.29 is 29.6 Å². The van der Waals surface area contributed by atoms with E-state index in [0.29, 0.717) is 18.5 Å². The first-order valence-electron chi connectivity index (χ1n) is 10.3. The molecule has 5 atom stereocenters. The lowest BCUT2D eigenvalue weighted by atomic mass is 9.85. The summed E-state index contributed by atoms with van der Waals surface area (Å²) in [6.45, 7) is 6.64. The van der Waals surface area contributed by atoms with E-state index >= 15 is 0 Å². The van der Waals surface area contributed by atoms with Gasteiger partial charge in [-0.1, -0.05) is 45.0 Å². The number of carbonyl (C=O) groups is 2. The normalized spacial score (nSPS) is 21.7. The standard InChI is InChI=1S/C22H34N2O6/c1-22(2,3)14-9-7-8-13(12-14)16(25)17(26)18(27)19(30-4)21(29)24-15-10-5-6-11-23-20(15)28/h7-9,12,15-19,25-27H,5-6,10-11H2,1-4H3,(H,23,28)(H,24,29)/t15-,16+,17-,18+,19+/m0/s1. The average Bonchev–Trinajstić information content (AvgIpc) is 2.91. The number of nitrogens with one attached hydrogen (secondary N) is 2. The predicted molar refractivity (Wildman–Crippen MR) is 112 cm³/mol. The third kappa shape index (κ3) is 6.01. The van der Waals surface area contributed by atoms with E-state index in [-0.39, 0.29) is 11.3 Å². The zero-order chi connectivity index (χ0) is 22.5. The van der Waals surface area contributed by atoms with Crippen LogP contribution in [0.3, 0.4) is 0 Å². The number of benzene rings is 1. The molecule has 2 rings (SSSR count). The maximum atomic E-state index is 12.6. The maximum absolute atomic E-state index is 12.6. The van der Waals surface area contributed by atoms with Crippen molar-refractivity contribution in [2.75, 3.05) is 13.7 Å². The van der Waals surface area contributed by atoms with Gasteiger partial charge in [0.05, 0.1) is 0 Å². The highest BCUT2D eigenvalue weighted by molar-refractivity contribution is 5.89. The fourth-order valence-electron chi connectivity index (χ4n) is 3.48. The number of amides is 2. The van der Waals surface area contributed by atoms with Crippen LogP contribution in [-0.4, -0.2) is 65.1 Å². The van der Waals surface area contributed by atoms with E-state index in [1.807, 2.05) is 26.8 Å². The molecule has 1 aromatic rings. The number of aliphatic hydroxyl groups is 3. The lowest BCUT2D eigenvalue weighted by Crippen LogP contribution is -2.54. The second kappa shape index (κ2) is 10.3. The van der Waals surface area contributed by atoms with Gasteiger partial charge in [0.1, 0.15) is 24.4 Å². The van der Waals surface area contributed by atoms with Crippen molar-refractivity contribution in [2.45, 2.75) is 75.9 Å². The molecule has 0 unspecified atom stereocenters. The molecule has 1 aliphatic rings. The number of hydrogen-bond donors (Lipinski definition) is 5. The molecular weight excluding hydrogens is 388 g/mol. The van der Waals surface area contributed by atoms with Gasteiger partial charge in [-0.25, -0.2) is 0 Å². The van der Waals surface area contributed by atoms with Crippen LogP contribution in [0.4, 0.5) is 0 Å². The van der Waals surface area contributed by atoms with Crippen molar-refractivity contribution in [1.29, 1.82) is 0 Å². The van der Waals surface area contributed by atoms with Gasteiger partial charge in [-0.3, -0.25) is 9.59 Å². The van der Waals surface area contributed by atoms with Gasteiger partial charge in [0.2, 0.25) is 5.91 Å². The van der Waals surface area contributed by atoms with Crippen LogP contribution in [0.25, 0.3) is 0 Å². The van der Waals surface area contributed by atoms with Crippen LogP contribution >= 0.6 is 0 Å². The fourth-order valence-corrected chi connectivity index (χ4v) is 3.48. The summed E-state index contributed by atoms with van der Waals surface area (Å²) in [7, 11) is 1.22. The van der Waals surface area contributed by atoms with Gasteiger partial charge < -0.3 is 30.7 Å². The highest BCUT2D eigenvalue weighted by Crippen LogP contribution is 2.27. The van der Waals surface area contributed by atoms with Crippen molar-refractivity contribution >= 4 is 11.8 Å². The van der Waals surface area contributed by atoms with Gasteiger partial charge in [-0.15, -0.1) is 0 Å². The first-order valence-corrected chi connectivity index (χ1v) is 10.3. The summed E-state index contributed by atoms with van der Waals surface area (Å²) >= 11 is 0. The molecule has 168 valence electrons. The number of rotatable bonds is 7. The van der Waals surface area contributed by atoms with E-state index in [2.05, 4.69) is 10.6 Å². The molecule has 1 heterocycles. The molecule has 0 bridgehead atoms. The minimum atomic E-state index is -1.70. The maximum Gasteiger partial charge on any atom is 0.252 e. The van der Waals surface area contributed by atoms with Crippen molar-refractivity contribution in [1.82, 2.24) is 10.6 Å². The molecule has 2 amide bonds. The number of methoxy groups -OCH3 is 1. The molecule has 1 fully saturated rings. The van der Waals surface area contributed by atoms with Crippen LogP contribution in [0.2, 0.25) is 0 Å². The van der Waals surface area contributed by atoms with E-state index in [1.54, 1.807) is 18.2 Å². The van der Waals surface area contributed by atoms with Crippen molar-refractivity contribution in [3.63, 3.8) is 0 Å².